The molecule has 2 N–H and O–H groups in total. The zero-order chi connectivity index (χ0) is 14.7. The van der Waals surface area contributed by atoms with E-state index in [1.54, 1.807) is 11.9 Å². The third-order valence-corrected chi connectivity index (χ3v) is 4.14. The Kier molecular flexibility index (Phi) is 5.02. The summed E-state index contributed by atoms with van der Waals surface area (Å²) < 4.78 is 5.66. The van der Waals surface area contributed by atoms with Gasteiger partial charge in [0.15, 0.2) is 0 Å². The van der Waals surface area contributed by atoms with Crippen LogP contribution in [0.15, 0.2) is 24.3 Å². The summed E-state index contributed by atoms with van der Waals surface area (Å²) in [4.78, 5) is 14.2. The molecule has 1 aliphatic heterocycles. The lowest BCUT2D eigenvalue weighted by atomic mass is 10.1. The van der Waals surface area contributed by atoms with E-state index in [1.807, 2.05) is 31.2 Å². The average Bonchev–Trinajstić information content (AvgIpc) is 2.93. The van der Waals surface area contributed by atoms with E-state index in [9.17, 15) is 4.79 Å². The fraction of sp³-hybridized carbons (Fsp3) is 0.533. The summed E-state index contributed by atoms with van der Waals surface area (Å²) in [6.07, 6.45) is 1.24. The molecule has 1 amide bonds. The molecule has 1 aliphatic rings. The fourth-order valence-electron chi connectivity index (χ4n) is 2.47. The van der Waals surface area contributed by atoms with Crippen molar-refractivity contribution in [2.75, 3.05) is 13.6 Å². The molecule has 0 radical (unpaired) electrons. The van der Waals surface area contributed by atoms with Crippen LogP contribution in [0.4, 0.5) is 0 Å². The highest BCUT2D eigenvalue weighted by Gasteiger charge is 2.33. The molecule has 3 unspecified atom stereocenters. The van der Waals surface area contributed by atoms with Gasteiger partial charge < -0.3 is 15.4 Å². The Hall–Kier alpha value is -1.10. The predicted octanol–water partition coefficient (Wildman–Crippen LogP) is 2.37. The van der Waals surface area contributed by atoms with Crippen molar-refractivity contribution in [2.45, 2.75) is 38.0 Å². The second-order valence-corrected chi connectivity index (χ2v) is 5.68. The van der Waals surface area contributed by atoms with Crippen LogP contribution in [0, 0.1) is 0 Å². The third-order valence-electron chi connectivity index (χ3n) is 3.91. The van der Waals surface area contributed by atoms with Crippen molar-refractivity contribution in [1.82, 2.24) is 4.90 Å². The van der Waals surface area contributed by atoms with Crippen molar-refractivity contribution in [3.8, 4) is 0 Å². The van der Waals surface area contributed by atoms with Gasteiger partial charge in [0, 0.05) is 18.6 Å². The molecule has 1 heterocycles. The van der Waals surface area contributed by atoms with E-state index in [-0.39, 0.29) is 24.2 Å². The lowest BCUT2D eigenvalue weighted by Crippen LogP contribution is -2.38. The molecule has 2 rings (SSSR count). The summed E-state index contributed by atoms with van der Waals surface area (Å²) in [6.45, 7) is 2.45. The van der Waals surface area contributed by atoms with Gasteiger partial charge in [0.1, 0.15) is 6.10 Å². The van der Waals surface area contributed by atoms with Gasteiger partial charge in [-0.1, -0.05) is 23.7 Å². The van der Waals surface area contributed by atoms with Gasteiger partial charge in [0.2, 0.25) is 0 Å². The first-order valence-corrected chi connectivity index (χ1v) is 7.28. The SMILES string of the molecule is CC(c1cccc(Cl)c1)N(C)C(=O)C1CCC(CN)O1. The Bertz CT molecular complexity index is 481. The Morgan fingerprint density at radius 1 is 1.55 bits per heavy atom. The minimum Gasteiger partial charge on any atom is -0.364 e. The maximum Gasteiger partial charge on any atom is 0.251 e. The molecule has 110 valence electrons. The second-order valence-electron chi connectivity index (χ2n) is 5.24. The molecular weight excluding hydrogens is 276 g/mol. The van der Waals surface area contributed by atoms with Crippen LogP contribution in [-0.4, -0.2) is 36.6 Å². The van der Waals surface area contributed by atoms with E-state index in [4.69, 9.17) is 22.1 Å². The third kappa shape index (κ3) is 3.32. The van der Waals surface area contributed by atoms with Gasteiger partial charge in [-0.3, -0.25) is 4.79 Å². The van der Waals surface area contributed by atoms with E-state index in [0.717, 1.165) is 18.4 Å². The fourth-order valence-corrected chi connectivity index (χ4v) is 2.67. The van der Waals surface area contributed by atoms with E-state index >= 15 is 0 Å². The number of likely N-dealkylation sites (N-methyl/N-ethyl adjacent to an activating group) is 1. The molecule has 1 saturated heterocycles. The van der Waals surface area contributed by atoms with Crippen LogP contribution >= 0.6 is 11.6 Å². The Morgan fingerprint density at radius 2 is 2.30 bits per heavy atom. The molecule has 5 heteroatoms. The van der Waals surface area contributed by atoms with E-state index in [2.05, 4.69) is 0 Å². The maximum atomic E-state index is 12.4. The quantitative estimate of drug-likeness (QED) is 0.928. The molecule has 0 aromatic heterocycles. The summed E-state index contributed by atoms with van der Waals surface area (Å²) >= 11 is 6.00. The molecule has 0 spiro atoms. The highest BCUT2D eigenvalue weighted by molar-refractivity contribution is 6.30. The predicted molar refractivity (Wildman–Crippen MR) is 79.6 cm³/mol. The molecule has 0 aliphatic carbocycles. The topological polar surface area (TPSA) is 55.6 Å². The first-order valence-electron chi connectivity index (χ1n) is 6.90. The van der Waals surface area contributed by atoms with E-state index < -0.39 is 0 Å². The monoisotopic (exact) mass is 296 g/mol. The molecule has 1 aromatic rings. The van der Waals surface area contributed by atoms with Crippen LogP contribution in [-0.2, 0) is 9.53 Å². The minimum atomic E-state index is -0.366. The molecule has 0 bridgehead atoms. The minimum absolute atomic E-state index is 0.00780. The molecule has 1 fully saturated rings. The standard InChI is InChI=1S/C15H21ClN2O2/c1-10(11-4-3-5-12(16)8-11)18(2)15(19)14-7-6-13(9-17)20-14/h3-5,8,10,13-14H,6-7,9,17H2,1-2H3. The van der Waals surface area contributed by atoms with Crippen LogP contribution in [0.25, 0.3) is 0 Å². The Labute approximate surface area is 124 Å². The maximum absolute atomic E-state index is 12.4. The van der Waals surface area contributed by atoms with Crippen LogP contribution in [0.3, 0.4) is 0 Å². The van der Waals surface area contributed by atoms with E-state index in [0.29, 0.717) is 11.6 Å². The van der Waals surface area contributed by atoms with Gasteiger partial charge in [0.25, 0.3) is 5.91 Å². The van der Waals surface area contributed by atoms with Gasteiger partial charge in [-0.25, -0.2) is 0 Å². The highest BCUT2D eigenvalue weighted by atomic mass is 35.5. The Morgan fingerprint density at radius 3 is 2.90 bits per heavy atom. The number of ether oxygens (including phenoxy) is 1. The van der Waals surface area contributed by atoms with Crippen LogP contribution < -0.4 is 5.73 Å². The van der Waals surface area contributed by atoms with Crippen molar-refractivity contribution in [3.63, 3.8) is 0 Å². The van der Waals surface area contributed by atoms with Crippen molar-refractivity contribution in [3.05, 3.63) is 34.9 Å². The number of nitrogens with zero attached hydrogens (tertiary/aromatic N) is 1. The number of nitrogens with two attached hydrogens (primary N) is 1. The van der Waals surface area contributed by atoms with Crippen molar-refractivity contribution in [1.29, 1.82) is 0 Å². The average molecular weight is 297 g/mol. The van der Waals surface area contributed by atoms with Crippen molar-refractivity contribution >= 4 is 17.5 Å². The smallest absolute Gasteiger partial charge is 0.251 e. The summed E-state index contributed by atoms with van der Waals surface area (Å²) in [6, 6.07) is 7.53. The largest absolute Gasteiger partial charge is 0.364 e. The zero-order valence-corrected chi connectivity index (χ0v) is 12.6. The van der Waals surface area contributed by atoms with Gasteiger partial charge in [-0.05, 0) is 37.5 Å². The van der Waals surface area contributed by atoms with Gasteiger partial charge >= 0.3 is 0 Å². The molecular formula is C15H21ClN2O2. The van der Waals surface area contributed by atoms with Gasteiger partial charge in [0.05, 0.1) is 12.1 Å². The van der Waals surface area contributed by atoms with Crippen molar-refractivity contribution in [2.24, 2.45) is 5.73 Å². The van der Waals surface area contributed by atoms with Crippen LogP contribution in [0.5, 0.6) is 0 Å². The molecule has 20 heavy (non-hydrogen) atoms. The number of carbonyl (C=O) groups is 1. The van der Waals surface area contributed by atoms with E-state index in [1.165, 1.54) is 0 Å². The van der Waals surface area contributed by atoms with Crippen LogP contribution in [0.2, 0.25) is 5.02 Å². The summed E-state index contributed by atoms with van der Waals surface area (Å²) in [5.74, 6) is 0.00780. The van der Waals surface area contributed by atoms with Crippen LogP contribution in [0.1, 0.15) is 31.4 Å². The summed E-state index contributed by atoms with van der Waals surface area (Å²) in [7, 11) is 1.80. The number of halogens is 1. The number of hydrogen-bond acceptors (Lipinski definition) is 3. The first-order chi connectivity index (χ1) is 9.52. The number of rotatable bonds is 4. The highest BCUT2D eigenvalue weighted by Crippen LogP contribution is 2.26. The van der Waals surface area contributed by atoms with Gasteiger partial charge in [-0.2, -0.15) is 0 Å². The lowest BCUT2D eigenvalue weighted by Gasteiger charge is -2.28. The number of carbonyl (C=O) groups excluding carboxylic acids is 1. The van der Waals surface area contributed by atoms with Crippen molar-refractivity contribution < 1.29 is 9.53 Å². The zero-order valence-electron chi connectivity index (χ0n) is 11.9. The molecule has 4 nitrogen and oxygen atoms in total. The summed E-state index contributed by atoms with van der Waals surface area (Å²) in [5.41, 5.74) is 6.59. The number of benzene rings is 1. The first kappa shape index (κ1) is 15.3. The second kappa shape index (κ2) is 6.57. The normalized spacial score (nSPS) is 23.6. The number of amides is 1. The number of hydrogen-bond donors (Lipinski definition) is 1. The molecule has 1 aromatic carbocycles. The summed E-state index contributed by atoms with van der Waals surface area (Å²) in [5, 5.41) is 0.676. The van der Waals surface area contributed by atoms with Gasteiger partial charge in [-0.15, -0.1) is 0 Å². The Balaban J connectivity index is 2.03. The molecule has 0 saturated carbocycles. The molecule has 3 atom stereocenters. The lowest BCUT2D eigenvalue weighted by molar-refractivity contribution is -0.143.